The molecule has 0 radical (unpaired) electrons. The molecular weight excluding hydrogens is 532 g/mol. The molecule has 0 bridgehead atoms. The van der Waals surface area contributed by atoms with Crippen LogP contribution in [0.1, 0.15) is 0 Å². The van der Waals surface area contributed by atoms with Gasteiger partial charge in [-0.25, -0.2) is 9.13 Å². The lowest BCUT2D eigenvalue weighted by Crippen LogP contribution is -2.24. The van der Waals surface area contributed by atoms with Crippen LogP contribution in [0.25, 0.3) is 32.9 Å². The summed E-state index contributed by atoms with van der Waals surface area (Å²) in [5.74, 6) is 2.09. The topological polar surface area (TPSA) is 96.6 Å². The van der Waals surface area contributed by atoms with E-state index in [1.54, 1.807) is 72.8 Å². The van der Waals surface area contributed by atoms with Gasteiger partial charge in [0, 0.05) is 12.1 Å². The normalized spacial score (nSPS) is 11.2. The Hall–Kier alpha value is -6.02. The van der Waals surface area contributed by atoms with Gasteiger partial charge in [-0.05, 0) is 60.7 Å². The zero-order chi connectivity index (χ0) is 28.8. The highest BCUT2D eigenvalue weighted by molar-refractivity contribution is 5.98. The minimum absolute atomic E-state index is 0.0530. The van der Waals surface area contributed by atoms with E-state index in [1.807, 2.05) is 36.4 Å². The minimum Gasteiger partial charge on any atom is -0.457 e. The van der Waals surface area contributed by atoms with Crippen molar-refractivity contribution in [2.45, 2.75) is 0 Å². The Morgan fingerprint density at radius 1 is 0.357 bits per heavy atom. The minimum atomic E-state index is -0.591. The number of hydrogen-bond donors (Lipinski definition) is 0. The Morgan fingerprint density at radius 3 is 1.05 bits per heavy atom. The molecule has 5 aromatic carbocycles. The van der Waals surface area contributed by atoms with Crippen molar-refractivity contribution < 1.29 is 9.47 Å². The van der Waals surface area contributed by atoms with Gasteiger partial charge in [0.05, 0.1) is 32.9 Å². The predicted molar refractivity (Wildman–Crippen MR) is 161 cm³/mol. The van der Waals surface area contributed by atoms with Gasteiger partial charge in [-0.15, -0.1) is 0 Å². The average Bonchev–Trinajstić information content (AvgIpc) is 3.41. The first-order valence-corrected chi connectivity index (χ1v) is 13.1. The van der Waals surface area contributed by atoms with Crippen LogP contribution in [0.5, 0.6) is 23.0 Å². The van der Waals surface area contributed by atoms with Gasteiger partial charge in [0.2, 0.25) is 0 Å². The van der Waals surface area contributed by atoms with Crippen LogP contribution in [-0.4, -0.2) is 9.13 Å². The molecule has 7 rings (SSSR count). The van der Waals surface area contributed by atoms with Crippen LogP contribution < -0.4 is 31.7 Å². The number of aromatic nitrogens is 2. The van der Waals surface area contributed by atoms with Gasteiger partial charge in [0.15, 0.2) is 0 Å². The van der Waals surface area contributed by atoms with Gasteiger partial charge < -0.3 is 9.47 Å². The molecule has 0 amide bonds. The summed E-state index contributed by atoms with van der Waals surface area (Å²) < 4.78 is 13.8. The standard InChI is InChI=1S/C34H20N2O6/c37-31-27-19-29-30(34(40)36(33(29)39)22-10-8-16-26(18-22)42-24-13-5-2-6-14-24)20-28(27)32(38)35(31)21-9-7-15-25(17-21)41-23-11-3-1-4-12-23/h1-20H. The first-order valence-electron chi connectivity index (χ1n) is 13.1. The quantitative estimate of drug-likeness (QED) is 0.271. The highest BCUT2D eigenvalue weighted by Gasteiger charge is 2.21. The highest BCUT2D eigenvalue weighted by atomic mass is 16.5. The number of fused-ring (bicyclic) bond motifs is 2. The van der Waals surface area contributed by atoms with E-state index in [9.17, 15) is 19.2 Å². The van der Waals surface area contributed by atoms with Crippen molar-refractivity contribution in [2.24, 2.45) is 0 Å². The highest BCUT2D eigenvalue weighted by Crippen LogP contribution is 2.25. The third-order valence-electron chi connectivity index (χ3n) is 7.00. The molecule has 0 saturated carbocycles. The van der Waals surface area contributed by atoms with Gasteiger partial charge >= 0.3 is 0 Å². The molecule has 2 heterocycles. The Kier molecular flexibility index (Phi) is 5.87. The van der Waals surface area contributed by atoms with Crippen molar-refractivity contribution in [1.29, 1.82) is 0 Å². The molecule has 8 nitrogen and oxygen atoms in total. The molecule has 0 unspecified atom stereocenters. The Labute approximate surface area is 237 Å². The maximum atomic E-state index is 13.5. The summed E-state index contributed by atoms with van der Waals surface area (Å²) in [5.41, 5.74) is -1.75. The number of hydrogen-bond acceptors (Lipinski definition) is 6. The van der Waals surface area contributed by atoms with Crippen LogP contribution in [0.2, 0.25) is 0 Å². The molecule has 0 spiro atoms. The lowest BCUT2D eigenvalue weighted by atomic mass is 10.1. The van der Waals surface area contributed by atoms with Crippen LogP contribution in [0.4, 0.5) is 0 Å². The monoisotopic (exact) mass is 552 g/mol. The maximum Gasteiger partial charge on any atom is 0.266 e. The first kappa shape index (κ1) is 25.0. The van der Waals surface area contributed by atoms with Gasteiger partial charge in [-0.1, -0.05) is 48.5 Å². The van der Waals surface area contributed by atoms with E-state index in [0.717, 1.165) is 9.13 Å². The second-order valence-corrected chi connectivity index (χ2v) is 9.66. The van der Waals surface area contributed by atoms with Gasteiger partial charge in [-0.3, -0.25) is 19.2 Å². The second-order valence-electron chi connectivity index (χ2n) is 9.66. The van der Waals surface area contributed by atoms with Crippen molar-refractivity contribution in [3.8, 4) is 34.4 Å². The third kappa shape index (κ3) is 4.18. The van der Waals surface area contributed by atoms with E-state index in [1.165, 1.54) is 12.1 Å². The smallest absolute Gasteiger partial charge is 0.266 e. The number of ether oxygens (including phenoxy) is 2. The lowest BCUT2D eigenvalue weighted by molar-refractivity contribution is 0.482. The molecule has 42 heavy (non-hydrogen) atoms. The van der Waals surface area contributed by atoms with Crippen molar-refractivity contribution in [1.82, 2.24) is 9.13 Å². The Bertz CT molecular complexity index is 2090. The molecule has 7 aromatic rings. The fourth-order valence-electron chi connectivity index (χ4n) is 5.06. The van der Waals surface area contributed by atoms with Crippen molar-refractivity contribution >= 4 is 21.5 Å². The predicted octanol–water partition coefficient (Wildman–Crippen LogP) is 5.48. The summed E-state index contributed by atoms with van der Waals surface area (Å²) in [7, 11) is 0. The SMILES string of the molecule is O=c1c2cc3c(=O)n(-c4cccc(Oc5ccccc5)c4)c(=O)c3cc2c(=O)n1-c1cccc(Oc2ccccc2)c1. The summed E-state index contributed by atoms with van der Waals surface area (Å²) in [5, 5.41) is 0.212. The molecule has 2 aromatic heterocycles. The van der Waals surface area contributed by atoms with E-state index in [-0.39, 0.29) is 21.5 Å². The zero-order valence-corrected chi connectivity index (χ0v) is 21.9. The summed E-state index contributed by atoms with van der Waals surface area (Å²) in [6.45, 7) is 0. The van der Waals surface area contributed by atoms with E-state index < -0.39 is 22.2 Å². The molecule has 8 heteroatoms. The van der Waals surface area contributed by atoms with Crippen molar-refractivity contribution in [3.05, 3.63) is 163 Å². The fourth-order valence-corrected chi connectivity index (χ4v) is 5.06. The number of nitrogens with zero attached hydrogens (tertiary/aromatic N) is 2. The van der Waals surface area contributed by atoms with Crippen molar-refractivity contribution in [2.75, 3.05) is 0 Å². The van der Waals surface area contributed by atoms with Crippen LogP contribution in [0.15, 0.2) is 141 Å². The maximum absolute atomic E-state index is 13.5. The molecule has 0 N–H and O–H groups in total. The van der Waals surface area contributed by atoms with Crippen LogP contribution in [-0.2, 0) is 0 Å². The molecule has 202 valence electrons. The molecule has 0 aliphatic rings. The molecular formula is C34H20N2O6. The summed E-state index contributed by atoms with van der Waals surface area (Å²) in [6.07, 6.45) is 0. The van der Waals surface area contributed by atoms with Crippen molar-refractivity contribution in [3.63, 3.8) is 0 Å². The lowest BCUT2D eigenvalue weighted by Gasteiger charge is -2.07. The van der Waals surface area contributed by atoms with E-state index in [2.05, 4.69) is 0 Å². The second kappa shape index (κ2) is 9.87. The number of rotatable bonds is 6. The fraction of sp³-hybridized carbons (Fsp3) is 0. The molecule has 0 aliphatic heterocycles. The molecule has 0 fully saturated rings. The van der Waals surface area contributed by atoms with Crippen LogP contribution >= 0.6 is 0 Å². The number of benzene rings is 5. The van der Waals surface area contributed by atoms with E-state index in [0.29, 0.717) is 34.4 Å². The summed E-state index contributed by atoms with van der Waals surface area (Å²) >= 11 is 0. The van der Waals surface area contributed by atoms with Gasteiger partial charge in [-0.2, -0.15) is 0 Å². The van der Waals surface area contributed by atoms with Crippen LogP contribution in [0, 0.1) is 0 Å². The van der Waals surface area contributed by atoms with Gasteiger partial charge in [0.1, 0.15) is 23.0 Å². The third-order valence-corrected chi connectivity index (χ3v) is 7.00. The zero-order valence-electron chi connectivity index (χ0n) is 21.9. The Balaban J connectivity index is 1.32. The number of para-hydroxylation sites is 2. The van der Waals surface area contributed by atoms with Crippen LogP contribution in [0.3, 0.4) is 0 Å². The van der Waals surface area contributed by atoms with Gasteiger partial charge in [0.25, 0.3) is 22.2 Å². The summed E-state index contributed by atoms with van der Waals surface area (Å²) in [4.78, 5) is 53.9. The average molecular weight is 553 g/mol. The Morgan fingerprint density at radius 2 is 0.690 bits per heavy atom. The largest absolute Gasteiger partial charge is 0.457 e. The molecule has 0 atom stereocenters. The summed E-state index contributed by atoms with van der Waals surface area (Å²) in [6, 6.07) is 34.1. The molecule has 0 aliphatic carbocycles. The van der Waals surface area contributed by atoms with E-state index in [4.69, 9.17) is 9.47 Å². The molecule has 0 saturated heterocycles. The first-order chi connectivity index (χ1) is 20.5. The van der Waals surface area contributed by atoms with E-state index >= 15 is 0 Å².